The maximum atomic E-state index is 13.1. The molecule has 0 amide bonds. The van der Waals surface area contributed by atoms with E-state index in [2.05, 4.69) is 15.2 Å². The highest BCUT2D eigenvalue weighted by Gasteiger charge is 2.39. The molecule has 146 valence electrons. The van der Waals surface area contributed by atoms with Crippen LogP contribution in [0.2, 0.25) is 0 Å². The molecule has 2 aromatic heterocycles. The standard InChI is InChI=1S/C21H18N4O3S/c26-29(27,16-8-2-1-3-9-16)25-14-6-11-18(25)20-23-24-21(28-20)19-17-10-5-4-7-15(17)12-13-22-19/h1-5,7-10,12-13,18H,6,11,14H2. The molecular weight excluding hydrogens is 388 g/mol. The van der Waals surface area contributed by atoms with Crippen molar-refractivity contribution in [3.8, 4) is 11.6 Å². The van der Waals surface area contributed by atoms with E-state index in [4.69, 9.17) is 4.42 Å². The zero-order chi connectivity index (χ0) is 19.8. The molecule has 7 nitrogen and oxygen atoms in total. The fourth-order valence-electron chi connectivity index (χ4n) is 3.76. The third-order valence-corrected chi connectivity index (χ3v) is 7.08. The summed E-state index contributed by atoms with van der Waals surface area (Å²) in [5.41, 5.74) is 0.595. The van der Waals surface area contributed by atoms with Crippen molar-refractivity contribution in [1.82, 2.24) is 19.5 Å². The van der Waals surface area contributed by atoms with E-state index in [-0.39, 0.29) is 4.90 Å². The van der Waals surface area contributed by atoms with Gasteiger partial charge in [-0.25, -0.2) is 8.42 Å². The Morgan fingerprint density at radius 2 is 1.76 bits per heavy atom. The van der Waals surface area contributed by atoms with Crippen LogP contribution in [0.4, 0.5) is 0 Å². The van der Waals surface area contributed by atoms with Gasteiger partial charge in [0.05, 0.1) is 4.90 Å². The SMILES string of the molecule is O=S(=O)(c1ccccc1)N1CCCC1c1nnc(-c2nccc3ccccc23)o1. The van der Waals surface area contributed by atoms with E-state index in [0.717, 1.165) is 17.2 Å². The summed E-state index contributed by atoms with van der Waals surface area (Å²) >= 11 is 0. The average Bonchev–Trinajstić information content (AvgIpc) is 3.44. The van der Waals surface area contributed by atoms with Crippen LogP contribution < -0.4 is 0 Å². The Morgan fingerprint density at radius 1 is 0.966 bits per heavy atom. The molecule has 0 bridgehead atoms. The Labute approximate surface area is 168 Å². The van der Waals surface area contributed by atoms with Crippen molar-refractivity contribution in [2.24, 2.45) is 0 Å². The lowest BCUT2D eigenvalue weighted by Gasteiger charge is -2.21. The van der Waals surface area contributed by atoms with Gasteiger partial charge in [0, 0.05) is 18.1 Å². The normalized spacial score (nSPS) is 17.7. The van der Waals surface area contributed by atoms with Crippen molar-refractivity contribution in [2.45, 2.75) is 23.8 Å². The van der Waals surface area contributed by atoms with Crippen LogP contribution in [0.1, 0.15) is 24.8 Å². The Kier molecular flexibility index (Phi) is 4.37. The van der Waals surface area contributed by atoms with Gasteiger partial charge < -0.3 is 4.42 Å². The molecule has 1 atom stereocenters. The highest BCUT2D eigenvalue weighted by atomic mass is 32.2. The molecule has 0 aliphatic carbocycles. The topological polar surface area (TPSA) is 89.2 Å². The molecular formula is C21H18N4O3S. The van der Waals surface area contributed by atoms with E-state index in [0.29, 0.717) is 30.4 Å². The number of fused-ring (bicyclic) bond motifs is 1. The second kappa shape index (κ2) is 7.06. The van der Waals surface area contributed by atoms with E-state index in [9.17, 15) is 8.42 Å². The smallest absolute Gasteiger partial charge is 0.266 e. The Hall–Kier alpha value is -3.10. The van der Waals surface area contributed by atoms with E-state index in [1.807, 2.05) is 30.3 Å². The van der Waals surface area contributed by atoms with Crippen molar-refractivity contribution < 1.29 is 12.8 Å². The lowest BCUT2D eigenvalue weighted by atomic mass is 10.1. The highest BCUT2D eigenvalue weighted by Crippen LogP contribution is 2.37. The summed E-state index contributed by atoms with van der Waals surface area (Å²) in [5.74, 6) is 0.590. The summed E-state index contributed by atoms with van der Waals surface area (Å²) in [6.45, 7) is 0.423. The number of aromatic nitrogens is 3. The second-order valence-electron chi connectivity index (χ2n) is 6.91. The van der Waals surface area contributed by atoms with Gasteiger partial charge in [-0.2, -0.15) is 4.31 Å². The zero-order valence-corrected chi connectivity index (χ0v) is 16.3. The second-order valence-corrected chi connectivity index (χ2v) is 8.80. The van der Waals surface area contributed by atoms with Crippen molar-refractivity contribution in [1.29, 1.82) is 0 Å². The summed E-state index contributed by atoms with van der Waals surface area (Å²) in [6.07, 6.45) is 3.07. The summed E-state index contributed by atoms with van der Waals surface area (Å²) in [4.78, 5) is 4.67. The highest BCUT2D eigenvalue weighted by molar-refractivity contribution is 7.89. The van der Waals surface area contributed by atoms with Gasteiger partial charge in [0.2, 0.25) is 15.9 Å². The maximum Gasteiger partial charge on any atom is 0.266 e. The molecule has 1 unspecified atom stereocenters. The van der Waals surface area contributed by atoms with E-state index < -0.39 is 16.1 Å². The van der Waals surface area contributed by atoms with Gasteiger partial charge in [-0.05, 0) is 36.4 Å². The van der Waals surface area contributed by atoms with Crippen LogP contribution in [-0.2, 0) is 10.0 Å². The maximum absolute atomic E-state index is 13.1. The summed E-state index contributed by atoms with van der Waals surface area (Å²) < 4.78 is 33.6. The lowest BCUT2D eigenvalue weighted by molar-refractivity contribution is 0.332. The Morgan fingerprint density at radius 3 is 2.62 bits per heavy atom. The summed E-state index contributed by atoms with van der Waals surface area (Å²) in [7, 11) is -3.64. The van der Waals surface area contributed by atoms with Crippen LogP contribution in [-0.4, -0.2) is 34.4 Å². The van der Waals surface area contributed by atoms with E-state index in [1.165, 1.54) is 4.31 Å². The molecule has 1 saturated heterocycles. The molecule has 0 saturated carbocycles. The van der Waals surface area contributed by atoms with Crippen molar-refractivity contribution in [3.05, 3.63) is 72.8 Å². The first-order valence-corrected chi connectivity index (χ1v) is 10.8. The van der Waals surface area contributed by atoms with E-state index in [1.54, 1.807) is 36.5 Å². The molecule has 3 heterocycles. The average molecular weight is 406 g/mol. The van der Waals surface area contributed by atoms with Crippen LogP contribution in [0.25, 0.3) is 22.4 Å². The molecule has 29 heavy (non-hydrogen) atoms. The molecule has 1 fully saturated rings. The number of sulfonamides is 1. The van der Waals surface area contributed by atoms with Gasteiger partial charge in [0.25, 0.3) is 5.89 Å². The van der Waals surface area contributed by atoms with Gasteiger partial charge in [-0.15, -0.1) is 10.2 Å². The predicted molar refractivity (Wildman–Crippen MR) is 107 cm³/mol. The van der Waals surface area contributed by atoms with Crippen LogP contribution in [0, 0.1) is 0 Å². The van der Waals surface area contributed by atoms with Crippen molar-refractivity contribution in [2.75, 3.05) is 6.54 Å². The monoisotopic (exact) mass is 406 g/mol. The molecule has 0 radical (unpaired) electrons. The fourth-order valence-corrected chi connectivity index (χ4v) is 5.43. The number of benzene rings is 2. The summed E-state index contributed by atoms with van der Waals surface area (Å²) in [6, 6.07) is 17.7. The molecule has 2 aromatic carbocycles. The van der Waals surface area contributed by atoms with Crippen molar-refractivity contribution >= 4 is 20.8 Å². The first-order chi connectivity index (χ1) is 14.1. The fraction of sp³-hybridized carbons (Fsp3) is 0.190. The molecule has 8 heteroatoms. The van der Waals surface area contributed by atoms with Crippen LogP contribution in [0.3, 0.4) is 0 Å². The first-order valence-electron chi connectivity index (χ1n) is 9.39. The molecule has 1 aliphatic heterocycles. The number of hydrogen-bond donors (Lipinski definition) is 0. The molecule has 1 aliphatic rings. The van der Waals surface area contributed by atoms with Crippen LogP contribution in [0.15, 0.2) is 76.2 Å². The lowest BCUT2D eigenvalue weighted by Crippen LogP contribution is -2.30. The largest absolute Gasteiger partial charge is 0.417 e. The minimum Gasteiger partial charge on any atom is -0.417 e. The minimum atomic E-state index is -3.64. The minimum absolute atomic E-state index is 0.266. The number of rotatable bonds is 4. The Bertz CT molecular complexity index is 1270. The van der Waals surface area contributed by atoms with Gasteiger partial charge >= 0.3 is 0 Å². The Balaban J connectivity index is 1.52. The third-order valence-electron chi connectivity index (χ3n) is 5.16. The zero-order valence-electron chi connectivity index (χ0n) is 15.5. The third kappa shape index (κ3) is 3.10. The molecule has 0 spiro atoms. The molecule has 5 rings (SSSR count). The van der Waals surface area contributed by atoms with E-state index >= 15 is 0 Å². The molecule has 0 N–H and O–H groups in total. The van der Waals surface area contributed by atoms with Crippen LogP contribution >= 0.6 is 0 Å². The number of nitrogens with zero attached hydrogens (tertiary/aromatic N) is 4. The van der Waals surface area contributed by atoms with Crippen LogP contribution in [0.5, 0.6) is 0 Å². The molecule has 4 aromatic rings. The summed E-state index contributed by atoms with van der Waals surface area (Å²) in [5, 5.41) is 10.3. The van der Waals surface area contributed by atoms with Gasteiger partial charge in [-0.3, -0.25) is 4.98 Å². The van der Waals surface area contributed by atoms with Gasteiger partial charge in [0.15, 0.2) is 0 Å². The predicted octanol–water partition coefficient (Wildman–Crippen LogP) is 3.81. The quantitative estimate of drug-likeness (QED) is 0.512. The van der Waals surface area contributed by atoms with Gasteiger partial charge in [-0.1, -0.05) is 42.5 Å². The van der Waals surface area contributed by atoms with Gasteiger partial charge in [0.1, 0.15) is 11.7 Å². The van der Waals surface area contributed by atoms with Crippen molar-refractivity contribution in [3.63, 3.8) is 0 Å². The number of pyridine rings is 1. The first kappa shape index (κ1) is 18.0. The number of hydrogen-bond acceptors (Lipinski definition) is 6.